The average molecular weight is 508 g/mol. The molecule has 38 heavy (non-hydrogen) atoms. The Bertz CT molecular complexity index is 1450. The molecule has 5 aromatic rings. The molecule has 2 N–H and O–H groups in total. The van der Waals surface area contributed by atoms with Crippen molar-refractivity contribution in [3.63, 3.8) is 0 Å². The van der Waals surface area contributed by atoms with Gasteiger partial charge in [-0.2, -0.15) is 10.2 Å². The lowest BCUT2D eigenvalue weighted by atomic mass is 9.92. The fourth-order valence-electron chi connectivity index (χ4n) is 3.89. The summed E-state index contributed by atoms with van der Waals surface area (Å²) in [5.74, 6) is 0.891. The summed E-state index contributed by atoms with van der Waals surface area (Å²) in [6, 6.07) is 15.9. The van der Waals surface area contributed by atoms with Crippen LogP contribution in [0, 0.1) is 6.92 Å². The molecule has 0 bridgehead atoms. The summed E-state index contributed by atoms with van der Waals surface area (Å²) in [5, 5.41) is 15.3. The van der Waals surface area contributed by atoms with Gasteiger partial charge in [0.2, 0.25) is 11.9 Å². The molecule has 4 heterocycles. The summed E-state index contributed by atoms with van der Waals surface area (Å²) in [6.45, 7) is 14.9. The van der Waals surface area contributed by atoms with Gasteiger partial charge < -0.3 is 0 Å². The largest absolute Gasteiger partial charge is 0.281 e. The number of anilines is 3. The molecule has 0 aliphatic rings. The van der Waals surface area contributed by atoms with Gasteiger partial charge in [-0.1, -0.05) is 59.2 Å². The highest BCUT2D eigenvalue weighted by Crippen LogP contribution is 2.33. The molecule has 0 aliphatic heterocycles. The molecule has 0 amide bonds. The van der Waals surface area contributed by atoms with Crippen LogP contribution in [0.5, 0.6) is 0 Å². The molecule has 9 nitrogen and oxygen atoms in total. The van der Waals surface area contributed by atoms with E-state index < -0.39 is 0 Å². The highest BCUT2D eigenvalue weighted by atomic mass is 15.3. The first-order valence-corrected chi connectivity index (χ1v) is 12.6. The van der Waals surface area contributed by atoms with Gasteiger partial charge in [0, 0.05) is 34.6 Å². The Morgan fingerprint density at radius 1 is 0.605 bits per heavy atom. The van der Waals surface area contributed by atoms with Crippen molar-refractivity contribution in [3.05, 3.63) is 77.9 Å². The van der Waals surface area contributed by atoms with Crippen LogP contribution in [0.1, 0.15) is 58.5 Å². The zero-order valence-corrected chi connectivity index (χ0v) is 22.9. The number of nitrogens with zero attached hydrogens (tertiary/aromatic N) is 7. The third kappa shape index (κ3) is 5.18. The van der Waals surface area contributed by atoms with E-state index in [1.807, 2.05) is 53.4 Å². The van der Waals surface area contributed by atoms with Gasteiger partial charge in [-0.05, 0) is 43.3 Å². The van der Waals surface area contributed by atoms with Crippen LogP contribution in [0.4, 0.5) is 17.6 Å². The van der Waals surface area contributed by atoms with Gasteiger partial charge in [-0.25, -0.2) is 24.8 Å². The summed E-state index contributed by atoms with van der Waals surface area (Å²) in [6.07, 6.45) is 3.47. The van der Waals surface area contributed by atoms with Crippen LogP contribution >= 0.6 is 0 Å². The molecule has 0 saturated heterocycles. The van der Waals surface area contributed by atoms with E-state index in [4.69, 9.17) is 9.97 Å². The molecule has 5 rings (SSSR count). The van der Waals surface area contributed by atoms with Gasteiger partial charge in [-0.3, -0.25) is 10.2 Å². The Kier molecular flexibility index (Phi) is 6.30. The predicted molar refractivity (Wildman–Crippen MR) is 150 cm³/mol. The number of nitrogens with one attached hydrogen (secondary N) is 2. The maximum absolute atomic E-state index is 4.88. The van der Waals surface area contributed by atoms with Crippen molar-refractivity contribution >= 4 is 17.6 Å². The molecule has 0 aliphatic carbocycles. The van der Waals surface area contributed by atoms with Crippen molar-refractivity contribution in [2.24, 2.45) is 0 Å². The topological polar surface area (TPSA) is 112 Å². The third-order valence-corrected chi connectivity index (χ3v) is 6.27. The van der Waals surface area contributed by atoms with Crippen LogP contribution in [0.25, 0.3) is 22.8 Å². The lowest BCUT2D eigenvalue weighted by Crippen LogP contribution is -2.16. The molecule has 0 unspecified atom stereocenters. The van der Waals surface area contributed by atoms with Crippen LogP contribution in [0.2, 0.25) is 0 Å². The Morgan fingerprint density at radius 3 is 1.45 bits per heavy atom. The molecule has 0 radical (unpaired) electrons. The van der Waals surface area contributed by atoms with Gasteiger partial charge in [0.1, 0.15) is 11.4 Å². The lowest BCUT2D eigenvalue weighted by molar-refractivity contribution is 0.566. The van der Waals surface area contributed by atoms with Gasteiger partial charge in [0.15, 0.2) is 0 Å². The van der Waals surface area contributed by atoms with E-state index in [0.29, 0.717) is 23.3 Å². The second kappa shape index (κ2) is 9.48. The molecule has 0 spiro atoms. The summed E-state index contributed by atoms with van der Waals surface area (Å²) in [4.78, 5) is 20.8. The maximum Gasteiger partial charge on any atom is 0.237 e. The fourth-order valence-corrected chi connectivity index (χ4v) is 3.89. The van der Waals surface area contributed by atoms with E-state index in [1.165, 1.54) is 0 Å². The van der Waals surface area contributed by atoms with Crippen molar-refractivity contribution in [2.45, 2.75) is 59.3 Å². The van der Waals surface area contributed by atoms with Crippen molar-refractivity contribution in [1.29, 1.82) is 0 Å². The van der Waals surface area contributed by atoms with Gasteiger partial charge >= 0.3 is 0 Å². The number of rotatable bonds is 5. The Hall–Kier alpha value is -4.40. The molecule has 4 aromatic heterocycles. The Morgan fingerprint density at radius 2 is 1.05 bits per heavy atom. The van der Waals surface area contributed by atoms with Crippen LogP contribution < -0.4 is 4.90 Å². The fraction of sp³-hybridized carbons (Fsp3) is 0.310. The van der Waals surface area contributed by atoms with E-state index in [0.717, 1.165) is 34.0 Å². The summed E-state index contributed by atoms with van der Waals surface area (Å²) in [7, 11) is 0. The van der Waals surface area contributed by atoms with E-state index in [1.54, 1.807) is 12.4 Å². The van der Waals surface area contributed by atoms with E-state index >= 15 is 0 Å². The highest BCUT2D eigenvalue weighted by molar-refractivity contribution is 5.71. The third-order valence-electron chi connectivity index (χ3n) is 6.27. The van der Waals surface area contributed by atoms with Gasteiger partial charge in [0.05, 0.1) is 17.1 Å². The molecule has 9 heteroatoms. The SMILES string of the molecule is Cc1ccc(N(c2nccc(-c3cc(C(C)(C)C)[nH]n3)n2)c2nccc(-c3cc(C(C)(C)C)[nH]n3)n2)cc1. The summed E-state index contributed by atoms with van der Waals surface area (Å²) >= 11 is 0. The smallest absolute Gasteiger partial charge is 0.237 e. The molecule has 1 aromatic carbocycles. The summed E-state index contributed by atoms with van der Waals surface area (Å²) < 4.78 is 0. The zero-order valence-electron chi connectivity index (χ0n) is 22.9. The first-order valence-electron chi connectivity index (χ1n) is 12.6. The molecular weight excluding hydrogens is 474 g/mol. The van der Waals surface area contributed by atoms with E-state index in [2.05, 4.69) is 78.8 Å². The second-order valence-electron chi connectivity index (χ2n) is 11.5. The number of aromatic amines is 2. The van der Waals surface area contributed by atoms with Crippen LogP contribution in [-0.2, 0) is 10.8 Å². The van der Waals surface area contributed by atoms with Gasteiger partial charge in [0.25, 0.3) is 0 Å². The molecular formula is C29H33N9. The number of aryl methyl sites for hydroxylation is 1. The number of aromatic nitrogens is 8. The number of H-pyrrole nitrogens is 2. The standard InChI is InChI=1S/C29H33N9/c1-18-8-10-19(11-9-18)38(26-30-14-12-20(32-26)22-16-24(36-34-22)28(2,3)4)27-31-15-13-21(33-27)23-17-25(37-35-23)29(5,6)7/h8-17H,1-7H3,(H,34,36)(H,35,37). The number of hydrogen-bond donors (Lipinski definition) is 2. The molecule has 0 fully saturated rings. The van der Waals surface area contributed by atoms with Crippen molar-refractivity contribution < 1.29 is 0 Å². The predicted octanol–water partition coefficient (Wildman–Crippen LogP) is 6.42. The average Bonchev–Trinajstić information content (AvgIpc) is 3.57. The van der Waals surface area contributed by atoms with E-state index in [-0.39, 0.29) is 10.8 Å². The molecule has 0 saturated carbocycles. The quantitative estimate of drug-likeness (QED) is 0.282. The number of benzene rings is 1. The zero-order chi connectivity index (χ0) is 27.1. The first kappa shape index (κ1) is 25.3. The van der Waals surface area contributed by atoms with Crippen molar-refractivity contribution in [2.75, 3.05) is 4.90 Å². The second-order valence-corrected chi connectivity index (χ2v) is 11.5. The van der Waals surface area contributed by atoms with Crippen LogP contribution in [0.15, 0.2) is 60.9 Å². The van der Waals surface area contributed by atoms with Crippen molar-refractivity contribution in [1.82, 2.24) is 40.3 Å². The van der Waals surface area contributed by atoms with Crippen LogP contribution in [0.3, 0.4) is 0 Å². The minimum atomic E-state index is -0.0531. The number of hydrogen-bond acceptors (Lipinski definition) is 7. The van der Waals surface area contributed by atoms with Crippen molar-refractivity contribution in [3.8, 4) is 22.8 Å². The van der Waals surface area contributed by atoms with Gasteiger partial charge in [-0.15, -0.1) is 0 Å². The van der Waals surface area contributed by atoms with Crippen LogP contribution in [-0.4, -0.2) is 40.3 Å². The minimum absolute atomic E-state index is 0.0531. The normalized spacial score (nSPS) is 12.1. The Labute approximate surface area is 222 Å². The lowest BCUT2D eigenvalue weighted by Gasteiger charge is -2.21. The molecule has 194 valence electrons. The van der Waals surface area contributed by atoms with E-state index in [9.17, 15) is 0 Å². The minimum Gasteiger partial charge on any atom is -0.281 e. The monoisotopic (exact) mass is 507 g/mol. The molecule has 0 atom stereocenters. The first-order chi connectivity index (χ1) is 18.0. The maximum atomic E-state index is 4.88. The highest BCUT2D eigenvalue weighted by Gasteiger charge is 2.23. The Balaban J connectivity index is 1.59. The summed E-state index contributed by atoms with van der Waals surface area (Å²) in [5.41, 5.74) is 6.88.